The van der Waals surface area contributed by atoms with E-state index in [1.165, 1.54) is 12.8 Å². The first kappa shape index (κ1) is 9.99. The van der Waals surface area contributed by atoms with Crippen LogP contribution in [0.4, 0.5) is 0 Å². The molecule has 0 radical (unpaired) electrons. The number of halogens is 1. The molecule has 0 aliphatic carbocycles. The third kappa shape index (κ3) is 4.07. The van der Waals surface area contributed by atoms with E-state index in [4.69, 9.17) is 0 Å². The topological polar surface area (TPSA) is 25.8 Å². The van der Waals surface area contributed by atoms with E-state index in [1.807, 2.05) is 6.07 Å². The van der Waals surface area contributed by atoms with Crippen molar-refractivity contribution in [1.29, 1.82) is 0 Å². The molecule has 0 amide bonds. The summed E-state index contributed by atoms with van der Waals surface area (Å²) in [6.45, 7) is 0. The molecule has 1 aromatic heterocycles. The quantitative estimate of drug-likeness (QED) is 0.346. The highest BCUT2D eigenvalue weighted by molar-refractivity contribution is 9.09. The van der Waals surface area contributed by atoms with Crippen LogP contribution in [0.25, 0.3) is 0 Å². The molecule has 1 rings (SSSR count). The molecule has 0 aliphatic heterocycles. The first-order chi connectivity index (χ1) is 5.93. The van der Waals surface area contributed by atoms with Crippen LogP contribution in [0.3, 0.4) is 0 Å². The summed E-state index contributed by atoms with van der Waals surface area (Å²) in [6, 6.07) is 1.94. The molecule has 0 saturated carbocycles. The van der Waals surface area contributed by atoms with Gasteiger partial charge in [-0.2, -0.15) is 0 Å². The number of thioether (sulfide) groups is 1. The molecule has 0 aromatic carbocycles. The average Bonchev–Trinajstić information content (AvgIpc) is 2.14. The average molecular weight is 247 g/mol. The maximum atomic E-state index is 4.12. The van der Waals surface area contributed by atoms with Gasteiger partial charge in [-0.05, 0) is 24.7 Å². The van der Waals surface area contributed by atoms with E-state index in [9.17, 15) is 0 Å². The largest absolute Gasteiger partial charge is 0.245 e. The third-order valence-electron chi connectivity index (χ3n) is 1.33. The number of aromatic nitrogens is 2. The van der Waals surface area contributed by atoms with Gasteiger partial charge in [0, 0.05) is 11.5 Å². The van der Waals surface area contributed by atoms with Crippen LogP contribution in [0.15, 0.2) is 23.6 Å². The van der Waals surface area contributed by atoms with Crippen molar-refractivity contribution in [3.8, 4) is 0 Å². The molecule has 0 atom stereocenters. The van der Waals surface area contributed by atoms with Crippen molar-refractivity contribution in [1.82, 2.24) is 9.97 Å². The summed E-state index contributed by atoms with van der Waals surface area (Å²) in [6.07, 6.45) is 5.84. The zero-order valence-corrected chi connectivity index (χ0v) is 9.14. The number of rotatable bonds is 5. The molecule has 0 spiro atoms. The molecule has 4 heteroatoms. The first-order valence-corrected chi connectivity index (χ1v) is 5.99. The van der Waals surface area contributed by atoms with E-state index in [-0.39, 0.29) is 0 Å². The Hall–Kier alpha value is -0.0900. The second-order valence-electron chi connectivity index (χ2n) is 2.29. The van der Waals surface area contributed by atoms with Crippen molar-refractivity contribution in [2.24, 2.45) is 0 Å². The molecule has 0 N–H and O–H groups in total. The van der Waals surface area contributed by atoms with Crippen molar-refractivity contribution < 1.29 is 0 Å². The Kier molecular flexibility index (Phi) is 5.35. The van der Waals surface area contributed by atoms with Crippen molar-refractivity contribution in [2.45, 2.75) is 17.9 Å². The van der Waals surface area contributed by atoms with E-state index in [0.29, 0.717) is 0 Å². The lowest BCUT2D eigenvalue weighted by atomic mass is 10.4. The van der Waals surface area contributed by atoms with Gasteiger partial charge < -0.3 is 0 Å². The Morgan fingerprint density at radius 2 is 2.33 bits per heavy atom. The fourth-order valence-electron chi connectivity index (χ4n) is 0.737. The molecule has 2 nitrogen and oxygen atoms in total. The monoisotopic (exact) mass is 246 g/mol. The lowest BCUT2D eigenvalue weighted by Gasteiger charge is -1.97. The highest BCUT2D eigenvalue weighted by Crippen LogP contribution is 2.15. The molecule has 0 bridgehead atoms. The molecule has 1 heterocycles. The Balaban J connectivity index is 2.16. The highest BCUT2D eigenvalue weighted by atomic mass is 79.9. The maximum absolute atomic E-state index is 4.12. The molecular formula is C8H11BrN2S. The van der Waals surface area contributed by atoms with Gasteiger partial charge in [0.25, 0.3) is 0 Å². The van der Waals surface area contributed by atoms with Gasteiger partial charge in [0.2, 0.25) is 0 Å². The van der Waals surface area contributed by atoms with Crippen LogP contribution >= 0.6 is 27.7 Å². The number of nitrogens with zero attached hydrogens (tertiary/aromatic N) is 2. The minimum absolute atomic E-state index is 1.07. The summed E-state index contributed by atoms with van der Waals surface area (Å²) >= 11 is 5.19. The standard InChI is InChI=1S/C8H11BrN2S/c9-4-1-2-6-12-8-3-5-10-7-11-8/h3,5,7H,1-2,4,6H2. The minimum atomic E-state index is 1.07. The van der Waals surface area contributed by atoms with Crippen LogP contribution in [-0.4, -0.2) is 21.1 Å². The van der Waals surface area contributed by atoms with Gasteiger partial charge in [-0.1, -0.05) is 15.9 Å². The molecule has 0 fully saturated rings. The van der Waals surface area contributed by atoms with Gasteiger partial charge in [0.05, 0.1) is 5.03 Å². The van der Waals surface area contributed by atoms with Crippen molar-refractivity contribution in [2.75, 3.05) is 11.1 Å². The number of hydrogen-bond acceptors (Lipinski definition) is 3. The number of hydrogen-bond donors (Lipinski definition) is 0. The second-order valence-corrected chi connectivity index (χ2v) is 4.20. The number of unbranched alkanes of at least 4 members (excludes halogenated alkanes) is 1. The van der Waals surface area contributed by atoms with Gasteiger partial charge in [0.1, 0.15) is 6.33 Å². The van der Waals surface area contributed by atoms with Gasteiger partial charge >= 0.3 is 0 Å². The van der Waals surface area contributed by atoms with Gasteiger partial charge in [-0.15, -0.1) is 11.8 Å². The normalized spacial score (nSPS) is 10.1. The Morgan fingerprint density at radius 1 is 1.42 bits per heavy atom. The van der Waals surface area contributed by atoms with E-state index in [1.54, 1.807) is 24.3 Å². The van der Waals surface area contributed by atoms with Crippen molar-refractivity contribution >= 4 is 27.7 Å². The molecule has 12 heavy (non-hydrogen) atoms. The fourth-order valence-corrected chi connectivity index (χ4v) is 1.97. The van der Waals surface area contributed by atoms with Gasteiger partial charge in [-0.25, -0.2) is 9.97 Å². The summed E-state index contributed by atoms with van der Waals surface area (Å²) in [5, 5.41) is 2.16. The van der Waals surface area contributed by atoms with Crippen LogP contribution in [0.5, 0.6) is 0 Å². The molecule has 66 valence electrons. The maximum Gasteiger partial charge on any atom is 0.116 e. The number of alkyl halides is 1. The lowest BCUT2D eigenvalue weighted by molar-refractivity contribution is 0.910. The summed E-state index contributed by atoms with van der Waals surface area (Å²) in [7, 11) is 0. The smallest absolute Gasteiger partial charge is 0.116 e. The fraction of sp³-hybridized carbons (Fsp3) is 0.500. The van der Waals surface area contributed by atoms with Gasteiger partial charge in [0.15, 0.2) is 0 Å². The zero-order valence-electron chi connectivity index (χ0n) is 6.74. The second kappa shape index (κ2) is 6.43. The van der Waals surface area contributed by atoms with Gasteiger partial charge in [-0.3, -0.25) is 0 Å². The van der Waals surface area contributed by atoms with E-state index >= 15 is 0 Å². The summed E-state index contributed by atoms with van der Waals surface area (Å²) in [5.41, 5.74) is 0. The Labute approximate surface area is 85.3 Å². The summed E-state index contributed by atoms with van der Waals surface area (Å²) in [4.78, 5) is 7.97. The van der Waals surface area contributed by atoms with Crippen LogP contribution in [0.1, 0.15) is 12.8 Å². The molecule has 0 aliphatic rings. The predicted octanol–water partition coefficient (Wildman–Crippen LogP) is 2.74. The van der Waals surface area contributed by atoms with E-state index in [0.717, 1.165) is 16.1 Å². The summed E-state index contributed by atoms with van der Waals surface area (Å²) in [5.74, 6) is 1.14. The summed E-state index contributed by atoms with van der Waals surface area (Å²) < 4.78 is 0. The zero-order chi connectivity index (χ0) is 8.65. The van der Waals surface area contributed by atoms with Crippen LogP contribution in [-0.2, 0) is 0 Å². The third-order valence-corrected chi connectivity index (χ3v) is 2.92. The SMILES string of the molecule is BrCCCCSc1ccncn1. The molecular weight excluding hydrogens is 236 g/mol. The molecule has 0 unspecified atom stereocenters. The highest BCUT2D eigenvalue weighted by Gasteiger charge is 1.93. The molecule has 0 saturated heterocycles. The Bertz CT molecular complexity index is 205. The predicted molar refractivity (Wildman–Crippen MR) is 55.8 cm³/mol. The van der Waals surface area contributed by atoms with Crippen LogP contribution in [0.2, 0.25) is 0 Å². The van der Waals surface area contributed by atoms with Crippen molar-refractivity contribution in [3.63, 3.8) is 0 Å². The minimum Gasteiger partial charge on any atom is -0.245 e. The Morgan fingerprint density at radius 3 is 3.00 bits per heavy atom. The van der Waals surface area contributed by atoms with Crippen LogP contribution < -0.4 is 0 Å². The van der Waals surface area contributed by atoms with Crippen molar-refractivity contribution in [3.05, 3.63) is 18.6 Å². The lowest BCUT2D eigenvalue weighted by Crippen LogP contribution is -1.84. The van der Waals surface area contributed by atoms with E-state index < -0.39 is 0 Å². The van der Waals surface area contributed by atoms with Crippen LogP contribution in [0, 0.1) is 0 Å². The van der Waals surface area contributed by atoms with E-state index in [2.05, 4.69) is 25.9 Å². The molecule has 1 aromatic rings. The first-order valence-electron chi connectivity index (χ1n) is 3.88.